The van der Waals surface area contributed by atoms with E-state index < -0.39 is 23.6 Å². The molecule has 0 aliphatic carbocycles. The van der Waals surface area contributed by atoms with Crippen LogP contribution < -0.4 is 14.8 Å². The van der Waals surface area contributed by atoms with Gasteiger partial charge in [0.2, 0.25) is 5.91 Å². The van der Waals surface area contributed by atoms with E-state index >= 15 is 0 Å². The fraction of sp³-hybridized carbons (Fsp3) is 0.179. The van der Waals surface area contributed by atoms with E-state index in [0.29, 0.717) is 27.2 Å². The maximum atomic E-state index is 13.1. The van der Waals surface area contributed by atoms with Gasteiger partial charge in [-0.1, -0.05) is 34.1 Å². The van der Waals surface area contributed by atoms with Gasteiger partial charge in [-0.15, -0.1) is 0 Å². The molecular formula is C28H24BrFN2O5S. The van der Waals surface area contributed by atoms with Crippen molar-refractivity contribution in [2.75, 3.05) is 19.0 Å². The summed E-state index contributed by atoms with van der Waals surface area (Å²) in [5.41, 5.74) is 4.07. The topological polar surface area (TPSA) is 84.9 Å². The first-order valence-corrected chi connectivity index (χ1v) is 13.1. The zero-order chi connectivity index (χ0) is 27.4. The standard InChI is InChI=1S/C28H24BrFN2O5S/c1-16-4-9-21(10-17(16)2)31-26(33)14-32-27(34)25(38-28(32)35)12-19-11-23(36-3)24(13-22(19)29)37-15-18-5-7-20(30)8-6-18/h4-13H,14-15H2,1-3H3,(H,31,33)/b25-12+. The number of hydrogen-bond acceptors (Lipinski definition) is 6. The number of carbonyl (C=O) groups excluding carboxylic acids is 3. The predicted octanol–water partition coefficient (Wildman–Crippen LogP) is 6.47. The molecule has 4 rings (SSSR count). The van der Waals surface area contributed by atoms with Crippen molar-refractivity contribution < 1.29 is 28.2 Å². The summed E-state index contributed by atoms with van der Waals surface area (Å²) < 4.78 is 25.0. The minimum absolute atomic E-state index is 0.178. The summed E-state index contributed by atoms with van der Waals surface area (Å²) in [6, 6.07) is 14.8. The Kier molecular flexibility index (Phi) is 8.53. The maximum absolute atomic E-state index is 13.1. The van der Waals surface area contributed by atoms with E-state index in [2.05, 4.69) is 21.2 Å². The summed E-state index contributed by atoms with van der Waals surface area (Å²) in [6.45, 7) is 3.71. The highest BCUT2D eigenvalue weighted by atomic mass is 79.9. The second kappa shape index (κ2) is 11.8. The number of amides is 3. The van der Waals surface area contributed by atoms with Crippen LogP contribution in [0, 0.1) is 19.7 Å². The minimum atomic E-state index is -0.558. The Bertz CT molecular complexity index is 1440. The number of ether oxygens (including phenoxy) is 2. The molecule has 1 aliphatic rings. The quantitative estimate of drug-likeness (QED) is 0.299. The number of hydrogen-bond donors (Lipinski definition) is 1. The molecule has 1 N–H and O–H groups in total. The van der Waals surface area contributed by atoms with Crippen LogP contribution in [0.5, 0.6) is 11.5 Å². The molecular weight excluding hydrogens is 575 g/mol. The summed E-state index contributed by atoms with van der Waals surface area (Å²) in [7, 11) is 1.49. The minimum Gasteiger partial charge on any atom is -0.493 e. The lowest BCUT2D eigenvalue weighted by Gasteiger charge is -2.14. The van der Waals surface area contributed by atoms with Crippen molar-refractivity contribution in [1.29, 1.82) is 0 Å². The lowest BCUT2D eigenvalue weighted by atomic mass is 10.1. The van der Waals surface area contributed by atoms with Crippen LogP contribution in [0.25, 0.3) is 6.08 Å². The molecule has 1 saturated heterocycles. The van der Waals surface area contributed by atoms with Gasteiger partial charge in [0.25, 0.3) is 11.1 Å². The van der Waals surface area contributed by atoms with E-state index in [1.165, 1.54) is 19.2 Å². The molecule has 3 aromatic carbocycles. The van der Waals surface area contributed by atoms with Gasteiger partial charge in [-0.2, -0.15) is 0 Å². The van der Waals surface area contributed by atoms with Gasteiger partial charge in [-0.3, -0.25) is 19.3 Å². The SMILES string of the molecule is COc1cc(/C=C2/SC(=O)N(CC(=O)Nc3ccc(C)c(C)c3)C2=O)c(Br)cc1OCc1ccc(F)cc1. The molecule has 196 valence electrons. The number of methoxy groups -OCH3 is 1. The van der Waals surface area contributed by atoms with Crippen molar-refractivity contribution >= 4 is 56.5 Å². The van der Waals surface area contributed by atoms with Gasteiger partial charge in [0.15, 0.2) is 11.5 Å². The normalized spacial score (nSPS) is 14.2. The molecule has 1 heterocycles. The highest BCUT2D eigenvalue weighted by molar-refractivity contribution is 9.10. The van der Waals surface area contributed by atoms with Gasteiger partial charge >= 0.3 is 0 Å². The van der Waals surface area contributed by atoms with Gasteiger partial charge in [0, 0.05) is 10.2 Å². The Labute approximate surface area is 232 Å². The van der Waals surface area contributed by atoms with Crippen LogP contribution in [0.4, 0.5) is 14.9 Å². The van der Waals surface area contributed by atoms with E-state index in [9.17, 15) is 18.8 Å². The van der Waals surface area contributed by atoms with Crippen molar-refractivity contribution in [2.24, 2.45) is 0 Å². The van der Waals surface area contributed by atoms with Crippen LogP contribution in [0.15, 0.2) is 64.0 Å². The van der Waals surface area contributed by atoms with E-state index in [-0.39, 0.29) is 17.3 Å². The molecule has 0 atom stereocenters. The monoisotopic (exact) mass is 598 g/mol. The molecule has 0 spiro atoms. The van der Waals surface area contributed by atoms with Gasteiger partial charge in [-0.25, -0.2) is 4.39 Å². The number of carbonyl (C=O) groups is 3. The summed E-state index contributed by atoms with van der Waals surface area (Å²) in [4.78, 5) is 39.1. The van der Waals surface area contributed by atoms with Crippen LogP contribution in [0.3, 0.4) is 0 Å². The first kappa shape index (κ1) is 27.4. The van der Waals surface area contributed by atoms with Gasteiger partial charge in [0.05, 0.1) is 12.0 Å². The molecule has 0 aromatic heterocycles. The summed E-state index contributed by atoms with van der Waals surface area (Å²) in [5, 5.41) is 2.20. The van der Waals surface area contributed by atoms with E-state index in [1.807, 2.05) is 26.0 Å². The highest BCUT2D eigenvalue weighted by Gasteiger charge is 2.36. The Morgan fingerprint density at radius 3 is 2.47 bits per heavy atom. The summed E-state index contributed by atoms with van der Waals surface area (Å²) in [6.07, 6.45) is 1.56. The van der Waals surface area contributed by atoms with Crippen molar-refractivity contribution in [3.05, 3.63) is 92.0 Å². The predicted molar refractivity (Wildman–Crippen MR) is 149 cm³/mol. The van der Waals surface area contributed by atoms with Gasteiger partial charge < -0.3 is 14.8 Å². The first-order valence-electron chi connectivity index (χ1n) is 11.5. The Hall–Kier alpha value is -3.63. The van der Waals surface area contributed by atoms with Crippen LogP contribution in [-0.4, -0.2) is 35.6 Å². The van der Waals surface area contributed by atoms with Crippen LogP contribution in [0.1, 0.15) is 22.3 Å². The number of imide groups is 1. The molecule has 0 unspecified atom stereocenters. The molecule has 38 heavy (non-hydrogen) atoms. The van der Waals surface area contributed by atoms with E-state index in [1.54, 1.807) is 36.4 Å². The van der Waals surface area contributed by atoms with E-state index in [4.69, 9.17) is 9.47 Å². The average Bonchev–Trinajstić information content (AvgIpc) is 3.14. The van der Waals surface area contributed by atoms with E-state index in [0.717, 1.165) is 33.4 Å². The average molecular weight is 599 g/mol. The van der Waals surface area contributed by atoms with Crippen molar-refractivity contribution in [1.82, 2.24) is 4.90 Å². The second-order valence-electron chi connectivity index (χ2n) is 8.55. The fourth-order valence-corrected chi connectivity index (χ4v) is 4.88. The first-order chi connectivity index (χ1) is 18.1. The van der Waals surface area contributed by atoms with Crippen molar-refractivity contribution in [3.63, 3.8) is 0 Å². The number of halogens is 2. The number of aryl methyl sites for hydroxylation is 2. The van der Waals surface area contributed by atoms with Crippen molar-refractivity contribution in [2.45, 2.75) is 20.5 Å². The van der Waals surface area contributed by atoms with Gasteiger partial charge in [0.1, 0.15) is 19.0 Å². The fourth-order valence-electron chi connectivity index (χ4n) is 3.62. The number of rotatable bonds is 8. The molecule has 10 heteroatoms. The third kappa shape index (κ3) is 6.43. The largest absolute Gasteiger partial charge is 0.493 e. The second-order valence-corrected chi connectivity index (χ2v) is 10.4. The van der Waals surface area contributed by atoms with Crippen LogP contribution in [0.2, 0.25) is 0 Å². The summed E-state index contributed by atoms with van der Waals surface area (Å²) >= 11 is 4.24. The zero-order valence-electron chi connectivity index (χ0n) is 20.8. The highest BCUT2D eigenvalue weighted by Crippen LogP contribution is 2.38. The zero-order valence-corrected chi connectivity index (χ0v) is 23.2. The van der Waals surface area contributed by atoms with Crippen LogP contribution in [-0.2, 0) is 16.2 Å². The smallest absolute Gasteiger partial charge is 0.294 e. The lowest BCUT2D eigenvalue weighted by molar-refractivity contribution is -0.127. The molecule has 3 amide bonds. The number of nitrogens with one attached hydrogen (secondary N) is 1. The molecule has 1 fully saturated rings. The summed E-state index contributed by atoms with van der Waals surface area (Å²) in [5.74, 6) is -0.504. The number of anilines is 1. The number of benzene rings is 3. The Morgan fingerprint density at radius 2 is 1.79 bits per heavy atom. The van der Waals surface area contributed by atoms with Crippen molar-refractivity contribution in [3.8, 4) is 11.5 Å². The molecule has 3 aromatic rings. The molecule has 0 saturated carbocycles. The van der Waals surface area contributed by atoms with Gasteiger partial charge in [-0.05, 0) is 90.3 Å². The molecule has 7 nitrogen and oxygen atoms in total. The Balaban J connectivity index is 1.46. The molecule has 1 aliphatic heterocycles. The van der Waals surface area contributed by atoms with Crippen LogP contribution >= 0.6 is 27.7 Å². The Morgan fingerprint density at radius 1 is 1.05 bits per heavy atom. The lowest BCUT2D eigenvalue weighted by Crippen LogP contribution is -2.36. The third-order valence-corrected chi connectivity index (χ3v) is 7.44. The molecule has 0 bridgehead atoms. The molecule has 0 radical (unpaired) electrons. The maximum Gasteiger partial charge on any atom is 0.294 e. The third-order valence-electron chi connectivity index (χ3n) is 5.84. The number of thioether (sulfide) groups is 1. The number of nitrogens with zero attached hydrogens (tertiary/aromatic N) is 1.